The second-order valence-corrected chi connectivity index (χ2v) is 6.97. The Morgan fingerprint density at radius 1 is 0.826 bits per heavy atom. The van der Waals surface area contributed by atoms with Gasteiger partial charge < -0.3 is 9.82 Å². The van der Waals surface area contributed by atoms with Crippen LogP contribution < -0.4 is 20.4 Å². The molecule has 5 heteroatoms. The minimum Gasteiger partial charge on any atom is -0.413 e. The molecule has 3 nitrogen and oxygen atoms in total. The summed E-state index contributed by atoms with van der Waals surface area (Å²) in [6.07, 6.45) is 1.68. The van der Waals surface area contributed by atoms with E-state index in [1.54, 1.807) is 12.3 Å². The molecule has 0 fully saturated rings. The first-order valence-electron chi connectivity index (χ1n) is 7.13. The van der Waals surface area contributed by atoms with Crippen LogP contribution in [0.1, 0.15) is 0 Å². The quantitative estimate of drug-likeness (QED) is 0.584. The van der Waals surface area contributed by atoms with Gasteiger partial charge in [-0.1, -0.05) is 66.7 Å². The van der Waals surface area contributed by atoms with Crippen molar-refractivity contribution >= 4 is 36.1 Å². The lowest BCUT2D eigenvalue weighted by molar-refractivity contribution is 0.528. The third-order valence-corrected chi connectivity index (χ3v) is 5.46. The predicted molar refractivity (Wildman–Crippen MR) is 99.7 cm³/mol. The van der Waals surface area contributed by atoms with Crippen LogP contribution in [0.25, 0.3) is 0 Å². The summed E-state index contributed by atoms with van der Waals surface area (Å²) in [6, 6.07) is 26.0. The molecule has 1 N–H and O–H groups in total. The molecule has 0 saturated heterocycles. The molecule has 0 bridgehead atoms. The minimum atomic E-state index is -0.830. The lowest BCUT2D eigenvalue weighted by Crippen LogP contribution is -2.30. The van der Waals surface area contributed by atoms with Gasteiger partial charge in [0.25, 0.3) is 5.17 Å². The Balaban J connectivity index is 1.81. The SMILES string of the molecule is S=C(NP(c1ccccc1)c1ccccc1)Oc1ccccn1. The number of ether oxygens (including phenoxy) is 1. The molecule has 0 unspecified atom stereocenters. The van der Waals surface area contributed by atoms with E-state index in [2.05, 4.69) is 34.3 Å². The summed E-state index contributed by atoms with van der Waals surface area (Å²) in [7, 11) is -0.830. The van der Waals surface area contributed by atoms with Gasteiger partial charge in [0.2, 0.25) is 5.88 Å². The fourth-order valence-electron chi connectivity index (χ4n) is 2.05. The highest BCUT2D eigenvalue weighted by Gasteiger charge is 2.16. The number of nitrogens with zero attached hydrogens (tertiary/aromatic N) is 1. The van der Waals surface area contributed by atoms with E-state index >= 15 is 0 Å². The fraction of sp³-hybridized carbons (Fsp3) is 0. The Bertz CT molecular complexity index is 714. The number of aromatic nitrogens is 1. The smallest absolute Gasteiger partial charge is 0.267 e. The molecule has 0 aliphatic carbocycles. The third kappa shape index (κ3) is 4.35. The van der Waals surface area contributed by atoms with Gasteiger partial charge in [-0.25, -0.2) is 4.98 Å². The summed E-state index contributed by atoms with van der Waals surface area (Å²) in [5, 5.41) is 6.02. The molecule has 1 aromatic heterocycles. The van der Waals surface area contributed by atoms with Crippen LogP contribution in [0.4, 0.5) is 0 Å². The standard InChI is InChI=1S/C18H15N2OPS/c23-18(21-17-13-7-8-14-19-17)20-22(15-9-3-1-4-10-15)16-11-5-2-6-12-16/h1-14H,(H,20,23). The molecule has 0 saturated carbocycles. The average Bonchev–Trinajstić information content (AvgIpc) is 2.62. The fourth-order valence-corrected chi connectivity index (χ4v) is 4.13. The van der Waals surface area contributed by atoms with Crippen molar-refractivity contribution in [2.45, 2.75) is 0 Å². The number of hydrogen-bond acceptors (Lipinski definition) is 3. The maximum Gasteiger partial charge on any atom is 0.267 e. The molecule has 0 spiro atoms. The van der Waals surface area contributed by atoms with Crippen LogP contribution in [-0.2, 0) is 0 Å². The van der Waals surface area contributed by atoms with Crippen LogP contribution in [0.2, 0.25) is 0 Å². The molecule has 0 aliphatic heterocycles. The van der Waals surface area contributed by atoms with Gasteiger partial charge >= 0.3 is 0 Å². The van der Waals surface area contributed by atoms with Crippen LogP contribution in [0.3, 0.4) is 0 Å². The van der Waals surface area contributed by atoms with Crippen molar-refractivity contribution in [2.24, 2.45) is 0 Å². The first-order chi connectivity index (χ1) is 11.3. The molecule has 2 aromatic carbocycles. The van der Waals surface area contributed by atoms with E-state index in [9.17, 15) is 0 Å². The van der Waals surface area contributed by atoms with Crippen molar-refractivity contribution in [1.29, 1.82) is 0 Å². The zero-order chi connectivity index (χ0) is 15.9. The van der Waals surface area contributed by atoms with Crippen LogP contribution in [0.5, 0.6) is 5.88 Å². The van der Waals surface area contributed by atoms with Crippen molar-refractivity contribution in [3.8, 4) is 5.88 Å². The van der Waals surface area contributed by atoms with Gasteiger partial charge in [0.1, 0.15) is 0 Å². The second kappa shape index (κ2) is 7.82. The largest absolute Gasteiger partial charge is 0.413 e. The van der Waals surface area contributed by atoms with Gasteiger partial charge in [-0.05, 0) is 18.3 Å². The average molecular weight is 338 g/mol. The molecule has 3 aromatic rings. The number of rotatable bonds is 4. The lowest BCUT2D eigenvalue weighted by atomic mass is 10.4. The van der Waals surface area contributed by atoms with E-state index in [1.807, 2.05) is 48.5 Å². The van der Waals surface area contributed by atoms with E-state index in [-0.39, 0.29) is 0 Å². The number of benzene rings is 2. The van der Waals surface area contributed by atoms with Gasteiger partial charge in [-0.3, -0.25) is 0 Å². The van der Waals surface area contributed by atoms with Crippen molar-refractivity contribution in [3.05, 3.63) is 85.1 Å². The Kier molecular flexibility index (Phi) is 5.30. The summed E-state index contributed by atoms with van der Waals surface area (Å²) >= 11 is 5.36. The third-order valence-electron chi connectivity index (χ3n) is 3.07. The van der Waals surface area contributed by atoms with Crippen LogP contribution in [0, 0.1) is 0 Å². The molecule has 0 amide bonds. The summed E-state index contributed by atoms with van der Waals surface area (Å²) in [4.78, 5) is 4.13. The Hall–Kier alpha value is -2.29. The van der Waals surface area contributed by atoms with Crippen molar-refractivity contribution in [3.63, 3.8) is 0 Å². The van der Waals surface area contributed by atoms with Crippen LogP contribution in [0.15, 0.2) is 85.1 Å². The molecule has 114 valence electrons. The number of nitrogens with one attached hydrogen (secondary N) is 1. The Labute approximate surface area is 142 Å². The topological polar surface area (TPSA) is 34.1 Å². The van der Waals surface area contributed by atoms with Gasteiger partial charge in [-0.15, -0.1) is 0 Å². The summed E-state index contributed by atoms with van der Waals surface area (Å²) < 4.78 is 5.61. The second-order valence-electron chi connectivity index (χ2n) is 4.68. The Morgan fingerprint density at radius 3 is 1.91 bits per heavy atom. The molecule has 0 aliphatic rings. The highest BCUT2D eigenvalue weighted by molar-refractivity contribution is 7.82. The van der Waals surface area contributed by atoms with E-state index in [0.717, 1.165) is 0 Å². The van der Waals surface area contributed by atoms with Crippen molar-refractivity contribution < 1.29 is 4.74 Å². The molecule has 23 heavy (non-hydrogen) atoms. The maximum absolute atomic E-state index is 5.61. The normalized spacial score (nSPS) is 10.3. The van der Waals surface area contributed by atoms with Crippen LogP contribution in [-0.4, -0.2) is 10.2 Å². The van der Waals surface area contributed by atoms with E-state index in [4.69, 9.17) is 17.0 Å². The molecule has 3 rings (SSSR count). The first-order valence-corrected chi connectivity index (χ1v) is 8.87. The summed E-state index contributed by atoms with van der Waals surface area (Å²) in [5.41, 5.74) is 0. The van der Waals surface area contributed by atoms with E-state index in [0.29, 0.717) is 11.1 Å². The number of thiocarbonyl (C=S) groups is 1. The van der Waals surface area contributed by atoms with Crippen molar-refractivity contribution in [2.75, 3.05) is 0 Å². The van der Waals surface area contributed by atoms with Crippen LogP contribution >= 0.6 is 20.3 Å². The summed E-state index contributed by atoms with van der Waals surface area (Å²) in [6.45, 7) is 0. The van der Waals surface area contributed by atoms with E-state index < -0.39 is 8.07 Å². The molecule has 1 heterocycles. The predicted octanol–water partition coefficient (Wildman–Crippen LogP) is 3.38. The van der Waals surface area contributed by atoms with Gasteiger partial charge in [0.15, 0.2) is 0 Å². The zero-order valence-electron chi connectivity index (χ0n) is 12.3. The highest BCUT2D eigenvalue weighted by atomic mass is 32.1. The highest BCUT2D eigenvalue weighted by Crippen LogP contribution is 2.28. The molecular weight excluding hydrogens is 323 g/mol. The monoisotopic (exact) mass is 338 g/mol. The molecule has 0 atom stereocenters. The van der Waals surface area contributed by atoms with Crippen molar-refractivity contribution in [1.82, 2.24) is 10.1 Å². The van der Waals surface area contributed by atoms with Gasteiger partial charge in [0, 0.05) is 22.9 Å². The van der Waals surface area contributed by atoms with E-state index in [1.165, 1.54) is 10.6 Å². The van der Waals surface area contributed by atoms with Gasteiger partial charge in [0.05, 0.1) is 8.07 Å². The zero-order valence-corrected chi connectivity index (χ0v) is 14.0. The molecule has 0 radical (unpaired) electrons. The molecular formula is C18H15N2OPS. The maximum atomic E-state index is 5.61. The summed E-state index contributed by atoms with van der Waals surface area (Å²) in [5.74, 6) is 0.487. The van der Waals surface area contributed by atoms with Gasteiger partial charge in [-0.2, -0.15) is 0 Å². The number of pyridine rings is 1. The lowest BCUT2D eigenvalue weighted by Gasteiger charge is -2.20. The number of hydrogen-bond donors (Lipinski definition) is 1. The minimum absolute atomic E-state index is 0.322. The Morgan fingerprint density at radius 2 is 1.39 bits per heavy atom. The first kappa shape index (κ1) is 15.6.